The van der Waals surface area contributed by atoms with Crippen molar-refractivity contribution in [1.29, 1.82) is 0 Å². The summed E-state index contributed by atoms with van der Waals surface area (Å²) in [5.74, 6) is 0.103. The van der Waals surface area contributed by atoms with Crippen molar-refractivity contribution in [1.82, 2.24) is 0 Å². The van der Waals surface area contributed by atoms with Crippen molar-refractivity contribution in [3.8, 4) is 5.75 Å². The third-order valence-electron chi connectivity index (χ3n) is 1.71. The lowest BCUT2D eigenvalue weighted by molar-refractivity contribution is 0.100. The van der Waals surface area contributed by atoms with Crippen molar-refractivity contribution in [3.63, 3.8) is 0 Å². The fourth-order valence-electron chi connectivity index (χ4n) is 1.03. The number of carbonyl (C=O) groups is 1. The van der Waals surface area contributed by atoms with Gasteiger partial charge in [-0.15, -0.1) is 0 Å². The van der Waals surface area contributed by atoms with E-state index in [1.165, 1.54) is 19.2 Å². The lowest BCUT2D eigenvalue weighted by Crippen LogP contribution is -2.14. The highest BCUT2D eigenvalue weighted by molar-refractivity contribution is 6.37. The van der Waals surface area contributed by atoms with Gasteiger partial charge in [0, 0.05) is 16.7 Å². The van der Waals surface area contributed by atoms with E-state index < -0.39 is 0 Å². The zero-order valence-corrected chi connectivity index (χ0v) is 9.02. The van der Waals surface area contributed by atoms with Crippen molar-refractivity contribution in [2.75, 3.05) is 13.7 Å². The largest absolute Gasteiger partial charge is 0.495 e. The Morgan fingerprint density at radius 1 is 1.50 bits per heavy atom. The van der Waals surface area contributed by atoms with Crippen LogP contribution in [0.25, 0.3) is 0 Å². The van der Waals surface area contributed by atoms with Gasteiger partial charge in [0.2, 0.25) is 0 Å². The second-order valence-corrected chi connectivity index (χ2v) is 3.41. The molecule has 1 rings (SSSR count). The van der Waals surface area contributed by atoms with Crippen LogP contribution in [0.4, 0.5) is 0 Å². The van der Waals surface area contributed by atoms with E-state index in [2.05, 4.69) is 0 Å². The van der Waals surface area contributed by atoms with Crippen LogP contribution in [-0.4, -0.2) is 19.4 Å². The number of Topliss-reactive ketones (excluding diaryl/α,β-unsaturated/α-hetero) is 1. The molecule has 0 saturated carbocycles. The Labute approximate surface area is 91.7 Å². The predicted octanol–water partition coefficient (Wildman–Crippen LogP) is 2.14. The van der Waals surface area contributed by atoms with E-state index in [4.69, 9.17) is 33.7 Å². The van der Waals surface area contributed by atoms with Crippen molar-refractivity contribution in [2.45, 2.75) is 0 Å². The highest BCUT2D eigenvalue weighted by Crippen LogP contribution is 2.31. The number of ether oxygens (including phenoxy) is 1. The minimum atomic E-state index is -0.268. The van der Waals surface area contributed by atoms with Crippen LogP contribution in [0.2, 0.25) is 10.0 Å². The number of ketones is 1. The molecule has 14 heavy (non-hydrogen) atoms. The van der Waals surface area contributed by atoms with Crippen LogP contribution < -0.4 is 10.5 Å². The van der Waals surface area contributed by atoms with Crippen molar-refractivity contribution in [2.24, 2.45) is 5.73 Å². The van der Waals surface area contributed by atoms with Gasteiger partial charge in [-0.3, -0.25) is 4.79 Å². The monoisotopic (exact) mass is 233 g/mol. The summed E-state index contributed by atoms with van der Waals surface area (Å²) in [6.45, 7) is -0.108. The topological polar surface area (TPSA) is 52.3 Å². The molecule has 0 aromatic heterocycles. The fraction of sp³-hybridized carbons (Fsp3) is 0.222. The molecule has 1 aromatic rings. The Kier molecular flexibility index (Phi) is 3.75. The number of rotatable bonds is 3. The second kappa shape index (κ2) is 4.64. The molecule has 0 aliphatic carbocycles. The number of methoxy groups -OCH3 is 1. The zero-order valence-electron chi connectivity index (χ0n) is 7.51. The number of benzene rings is 1. The number of halogens is 2. The van der Waals surface area contributed by atoms with Crippen LogP contribution >= 0.6 is 23.2 Å². The molecule has 5 heteroatoms. The van der Waals surface area contributed by atoms with E-state index in [0.717, 1.165) is 0 Å². The first-order valence-electron chi connectivity index (χ1n) is 3.86. The number of nitrogens with two attached hydrogens (primary N) is 1. The molecule has 0 saturated heterocycles. The van der Waals surface area contributed by atoms with Crippen LogP contribution in [0.1, 0.15) is 10.4 Å². The smallest absolute Gasteiger partial charge is 0.178 e. The summed E-state index contributed by atoms with van der Waals surface area (Å²) in [4.78, 5) is 11.3. The molecule has 0 aliphatic heterocycles. The van der Waals surface area contributed by atoms with Crippen LogP contribution in [0.5, 0.6) is 5.75 Å². The van der Waals surface area contributed by atoms with Gasteiger partial charge in [-0.1, -0.05) is 23.2 Å². The summed E-state index contributed by atoms with van der Waals surface area (Å²) in [6, 6.07) is 3.01. The van der Waals surface area contributed by atoms with E-state index in [-0.39, 0.29) is 17.4 Å². The summed E-state index contributed by atoms with van der Waals surface area (Å²) in [7, 11) is 1.45. The van der Waals surface area contributed by atoms with Gasteiger partial charge in [-0.25, -0.2) is 0 Å². The van der Waals surface area contributed by atoms with Crippen LogP contribution in [0.15, 0.2) is 12.1 Å². The van der Waals surface area contributed by atoms with E-state index in [9.17, 15) is 4.79 Å². The minimum Gasteiger partial charge on any atom is -0.495 e. The summed E-state index contributed by atoms with van der Waals surface area (Å²) >= 11 is 11.7. The van der Waals surface area contributed by atoms with Crippen molar-refractivity contribution in [3.05, 3.63) is 27.7 Å². The lowest BCUT2D eigenvalue weighted by atomic mass is 10.1. The molecule has 0 atom stereocenters. The van der Waals surface area contributed by atoms with Gasteiger partial charge in [-0.2, -0.15) is 0 Å². The molecular weight excluding hydrogens is 225 g/mol. The standard InChI is InChI=1S/C9H9Cl2NO2/c1-14-8-3-5(10)2-6(9(8)11)7(13)4-12/h2-3H,4,12H2,1H3. The maximum absolute atomic E-state index is 11.3. The molecule has 0 fully saturated rings. The molecule has 2 N–H and O–H groups in total. The highest BCUT2D eigenvalue weighted by atomic mass is 35.5. The third-order valence-corrected chi connectivity index (χ3v) is 2.32. The minimum absolute atomic E-state index is 0.108. The van der Waals surface area contributed by atoms with Crippen LogP contribution in [0, 0.1) is 0 Å². The van der Waals surface area contributed by atoms with Crippen molar-refractivity contribution >= 4 is 29.0 Å². The first-order valence-corrected chi connectivity index (χ1v) is 4.62. The van der Waals surface area contributed by atoms with Gasteiger partial charge in [-0.05, 0) is 6.07 Å². The van der Waals surface area contributed by atoms with Gasteiger partial charge in [0.15, 0.2) is 5.78 Å². The van der Waals surface area contributed by atoms with Gasteiger partial charge >= 0.3 is 0 Å². The maximum atomic E-state index is 11.3. The Bertz CT molecular complexity index is 366. The molecule has 0 spiro atoms. The van der Waals surface area contributed by atoms with Crippen LogP contribution in [-0.2, 0) is 0 Å². The highest BCUT2D eigenvalue weighted by Gasteiger charge is 2.14. The normalized spacial score (nSPS) is 10.0. The number of carbonyl (C=O) groups excluding carboxylic acids is 1. The Morgan fingerprint density at radius 2 is 2.14 bits per heavy atom. The molecule has 0 radical (unpaired) electrons. The average molecular weight is 234 g/mol. The molecule has 0 bridgehead atoms. The zero-order chi connectivity index (χ0) is 10.7. The van der Waals surface area contributed by atoms with E-state index >= 15 is 0 Å². The van der Waals surface area contributed by atoms with E-state index in [1.54, 1.807) is 0 Å². The summed E-state index contributed by atoms with van der Waals surface area (Å²) in [5.41, 5.74) is 5.51. The van der Waals surface area contributed by atoms with Gasteiger partial charge in [0.1, 0.15) is 5.75 Å². The third kappa shape index (κ3) is 2.18. The number of hydrogen-bond donors (Lipinski definition) is 1. The van der Waals surface area contributed by atoms with Crippen molar-refractivity contribution < 1.29 is 9.53 Å². The fourth-order valence-corrected chi connectivity index (χ4v) is 1.53. The van der Waals surface area contributed by atoms with Crippen LogP contribution in [0.3, 0.4) is 0 Å². The molecule has 0 aliphatic rings. The summed E-state index contributed by atoms with van der Waals surface area (Å²) in [6.07, 6.45) is 0. The SMILES string of the molecule is COc1cc(Cl)cc(C(=O)CN)c1Cl. The Balaban J connectivity index is 3.29. The van der Waals surface area contributed by atoms with Gasteiger partial charge in [0.05, 0.1) is 18.7 Å². The molecule has 3 nitrogen and oxygen atoms in total. The molecule has 1 aromatic carbocycles. The van der Waals surface area contributed by atoms with E-state index in [0.29, 0.717) is 16.3 Å². The second-order valence-electron chi connectivity index (χ2n) is 2.60. The molecule has 76 valence electrons. The molecule has 0 amide bonds. The summed E-state index contributed by atoms with van der Waals surface area (Å²) in [5, 5.41) is 0.635. The molecular formula is C9H9Cl2NO2. The first-order chi connectivity index (χ1) is 6.60. The van der Waals surface area contributed by atoms with E-state index in [1.807, 2.05) is 0 Å². The maximum Gasteiger partial charge on any atom is 0.178 e. The number of hydrogen-bond acceptors (Lipinski definition) is 3. The van der Waals surface area contributed by atoms with Gasteiger partial charge in [0.25, 0.3) is 0 Å². The lowest BCUT2D eigenvalue weighted by Gasteiger charge is -2.07. The van der Waals surface area contributed by atoms with Gasteiger partial charge < -0.3 is 10.5 Å². The predicted molar refractivity (Wildman–Crippen MR) is 56.4 cm³/mol. The molecule has 0 unspecified atom stereocenters. The molecule has 0 heterocycles. The quantitative estimate of drug-likeness (QED) is 0.815. The Hall–Kier alpha value is -0.770. The first kappa shape index (κ1) is 11.3. The average Bonchev–Trinajstić information content (AvgIpc) is 2.19. The summed E-state index contributed by atoms with van der Waals surface area (Å²) < 4.78 is 4.95. The Morgan fingerprint density at radius 3 is 2.64 bits per heavy atom.